The standard InChI is InChI=1S/C18H15O2P/c19-21(20,17-9-5-2-6-10-17)18-13-11-16(12-14-18)15-7-3-1-4-8-15/h1-14H,(H,19,20). The molecule has 0 aromatic heterocycles. The van der Waals surface area contributed by atoms with Gasteiger partial charge in [0.1, 0.15) is 0 Å². The van der Waals surface area contributed by atoms with E-state index in [9.17, 15) is 9.46 Å². The fraction of sp³-hybridized carbons (Fsp3) is 0. The molecule has 3 rings (SSSR count). The second kappa shape index (κ2) is 5.69. The second-order valence-corrected chi connectivity index (χ2v) is 7.01. The molecule has 2 nitrogen and oxygen atoms in total. The van der Waals surface area contributed by atoms with Crippen LogP contribution >= 0.6 is 7.37 Å². The maximum Gasteiger partial charge on any atom is 0.258 e. The smallest absolute Gasteiger partial charge is 0.258 e. The van der Waals surface area contributed by atoms with E-state index in [-0.39, 0.29) is 0 Å². The molecule has 0 aliphatic carbocycles. The second-order valence-electron chi connectivity index (χ2n) is 4.82. The van der Waals surface area contributed by atoms with Crippen LogP contribution in [0.3, 0.4) is 0 Å². The van der Waals surface area contributed by atoms with E-state index >= 15 is 0 Å². The highest BCUT2D eigenvalue weighted by atomic mass is 31.2. The van der Waals surface area contributed by atoms with Crippen LogP contribution < -0.4 is 10.6 Å². The Morgan fingerprint density at radius 1 is 0.571 bits per heavy atom. The molecule has 0 amide bonds. The summed E-state index contributed by atoms with van der Waals surface area (Å²) in [7, 11) is -3.51. The molecular formula is C18H15O2P. The van der Waals surface area contributed by atoms with Gasteiger partial charge in [0.05, 0.1) is 0 Å². The lowest BCUT2D eigenvalue weighted by molar-refractivity contribution is 0.501. The largest absolute Gasteiger partial charge is 0.338 e. The molecular weight excluding hydrogens is 279 g/mol. The minimum Gasteiger partial charge on any atom is -0.338 e. The van der Waals surface area contributed by atoms with Gasteiger partial charge < -0.3 is 4.89 Å². The fourth-order valence-corrected chi connectivity index (χ4v) is 3.69. The van der Waals surface area contributed by atoms with Crippen molar-refractivity contribution in [2.45, 2.75) is 0 Å². The Labute approximate surface area is 124 Å². The van der Waals surface area contributed by atoms with Gasteiger partial charge in [-0.1, -0.05) is 60.7 Å². The molecule has 0 radical (unpaired) electrons. The van der Waals surface area contributed by atoms with Gasteiger partial charge in [-0.3, -0.25) is 4.57 Å². The molecule has 0 heterocycles. The lowest BCUT2D eigenvalue weighted by atomic mass is 10.1. The third kappa shape index (κ3) is 2.82. The van der Waals surface area contributed by atoms with Gasteiger partial charge in [-0.15, -0.1) is 0 Å². The van der Waals surface area contributed by atoms with E-state index < -0.39 is 7.37 Å². The van der Waals surface area contributed by atoms with E-state index in [1.54, 1.807) is 36.4 Å². The Morgan fingerprint density at radius 3 is 1.57 bits per heavy atom. The van der Waals surface area contributed by atoms with Gasteiger partial charge in [-0.2, -0.15) is 0 Å². The van der Waals surface area contributed by atoms with Crippen LogP contribution in [0.25, 0.3) is 11.1 Å². The molecule has 21 heavy (non-hydrogen) atoms. The summed E-state index contributed by atoms with van der Waals surface area (Å²) in [6.45, 7) is 0. The Balaban J connectivity index is 1.96. The molecule has 0 fully saturated rings. The first-order valence-corrected chi connectivity index (χ1v) is 8.38. The predicted octanol–water partition coefficient (Wildman–Crippen LogP) is 3.57. The Bertz CT molecular complexity index is 765. The number of benzene rings is 3. The third-order valence-electron chi connectivity index (χ3n) is 3.43. The van der Waals surface area contributed by atoms with Crippen molar-refractivity contribution in [3.63, 3.8) is 0 Å². The minimum absolute atomic E-state index is 0.452. The molecule has 1 unspecified atom stereocenters. The van der Waals surface area contributed by atoms with Gasteiger partial charge >= 0.3 is 0 Å². The van der Waals surface area contributed by atoms with Gasteiger partial charge in [-0.05, 0) is 35.4 Å². The molecule has 0 spiro atoms. The molecule has 0 saturated heterocycles. The van der Waals surface area contributed by atoms with Gasteiger partial charge in [-0.25, -0.2) is 0 Å². The van der Waals surface area contributed by atoms with Crippen molar-refractivity contribution in [1.82, 2.24) is 0 Å². The predicted molar refractivity (Wildman–Crippen MR) is 87.4 cm³/mol. The zero-order valence-electron chi connectivity index (χ0n) is 11.4. The first kappa shape index (κ1) is 13.8. The van der Waals surface area contributed by atoms with Crippen LogP contribution in [0.15, 0.2) is 84.9 Å². The highest BCUT2D eigenvalue weighted by Crippen LogP contribution is 2.38. The van der Waals surface area contributed by atoms with Crippen LogP contribution in [0.1, 0.15) is 0 Å². The van der Waals surface area contributed by atoms with Gasteiger partial charge in [0.15, 0.2) is 0 Å². The lowest BCUT2D eigenvalue weighted by Crippen LogP contribution is -2.14. The summed E-state index contributed by atoms with van der Waals surface area (Å²) in [6, 6.07) is 25.9. The molecule has 0 aliphatic rings. The van der Waals surface area contributed by atoms with E-state index in [0.717, 1.165) is 11.1 Å². The van der Waals surface area contributed by atoms with E-state index in [1.807, 2.05) is 48.5 Å². The maximum atomic E-state index is 12.6. The van der Waals surface area contributed by atoms with E-state index in [1.165, 1.54) is 0 Å². The zero-order chi connectivity index (χ0) is 14.7. The molecule has 0 aliphatic heterocycles. The average molecular weight is 294 g/mol. The quantitative estimate of drug-likeness (QED) is 0.750. The SMILES string of the molecule is O=P(O)(c1ccccc1)c1ccc(-c2ccccc2)cc1. The van der Waals surface area contributed by atoms with E-state index in [4.69, 9.17) is 0 Å². The molecule has 0 saturated carbocycles. The van der Waals surface area contributed by atoms with Crippen LogP contribution in [0.5, 0.6) is 0 Å². The minimum atomic E-state index is -3.51. The van der Waals surface area contributed by atoms with Gasteiger partial charge in [0.2, 0.25) is 0 Å². The Hall–Kier alpha value is -2.15. The summed E-state index contributed by atoms with van der Waals surface area (Å²) in [4.78, 5) is 10.4. The molecule has 3 heteroatoms. The number of hydrogen-bond acceptors (Lipinski definition) is 1. The summed E-state index contributed by atoms with van der Waals surface area (Å²) in [5.74, 6) is 0. The van der Waals surface area contributed by atoms with E-state index in [2.05, 4.69) is 0 Å². The van der Waals surface area contributed by atoms with Gasteiger partial charge in [0, 0.05) is 10.6 Å². The topological polar surface area (TPSA) is 37.3 Å². The summed E-state index contributed by atoms with van der Waals surface area (Å²) in [6.07, 6.45) is 0. The van der Waals surface area contributed by atoms with Gasteiger partial charge in [0.25, 0.3) is 7.37 Å². The number of hydrogen-bond donors (Lipinski definition) is 1. The van der Waals surface area contributed by atoms with Crippen molar-refractivity contribution < 1.29 is 9.46 Å². The van der Waals surface area contributed by atoms with Crippen molar-refractivity contribution in [1.29, 1.82) is 0 Å². The zero-order valence-corrected chi connectivity index (χ0v) is 12.3. The van der Waals surface area contributed by atoms with Crippen LogP contribution in [0.4, 0.5) is 0 Å². The molecule has 1 atom stereocenters. The fourth-order valence-electron chi connectivity index (χ4n) is 2.27. The highest BCUT2D eigenvalue weighted by Gasteiger charge is 2.23. The molecule has 3 aromatic carbocycles. The van der Waals surface area contributed by atoms with Crippen molar-refractivity contribution >= 4 is 18.0 Å². The van der Waals surface area contributed by atoms with Crippen molar-refractivity contribution in [2.24, 2.45) is 0 Å². The summed E-state index contributed by atoms with van der Waals surface area (Å²) >= 11 is 0. The summed E-state index contributed by atoms with van der Waals surface area (Å²) in [5, 5.41) is 0.908. The summed E-state index contributed by atoms with van der Waals surface area (Å²) < 4.78 is 12.6. The van der Waals surface area contributed by atoms with Crippen molar-refractivity contribution in [3.05, 3.63) is 84.9 Å². The molecule has 1 N–H and O–H groups in total. The third-order valence-corrected chi connectivity index (χ3v) is 5.43. The molecule has 104 valence electrons. The highest BCUT2D eigenvalue weighted by molar-refractivity contribution is 7.73. The van der Waals surface area contributed by atoms with Crippen LogP contribution in [-0.4, -0.2) is 4.89 Å². The van der Waals surface area contributed by atoms with Crippen LogP contribution in [0.2, 0.25) is 0 Å². The number of rotatable bonds is 3. The molecule has 0 bridgehead atoms. The lowest BCUT2D eigenvalue weighted by Gasteiger charge is -2.12. The monoisotopic (exact) mass is 294 g/mol. The van der Waals surface area contributed by atoms with Crippen molar-refractivity contribution in [2.75, 3.05) is 0 Å². The summed E-state index contributed by atoms with van der Waals surface area (Å²) in [5.41, 5.74) is 2.13. The normalized spacial score (nSPS) is 13.6. The van der Waals surface area contributed by atoms with E-state index in [0.29, 0.717) is 10.6 Å². The van der Waals surface area contributed by atoms with Crippen molar-refractivity contribution in [3.8, 4) is 11.1 Å². The first-order chi connectivity index (χ1) is 10.2. The molecule has 3 aromatic rings. The maximum absolute atomic E-state index is 12.6. The average Bonchev–Trinajstić information content (AvgIpc) is 2.57. The first-order valence-electron chi connectivity index (χ1n) is 6.72. The van der Waals surface area contributed by atoms with Crippen LogP contribution in [-0.2, 0) is 4.57 Å². The Kier molecular flexibility index (Phi) is 3.74. The van der Waals surface area contributed by atoms with Crippen LogP contribution in [0, 0.1) is 0 Å². The Morgan fingerprint density at radius 2 is 1.00 bits per heavy atom.